The highest BCUT2D eigenvalue weighted by Gasteiger charge is 2.18. The molecule has 0 aliphatic carbocycles. The molecule has 0 unspecified atom stereocenters. The molecule has 1 amide bonds. The first-order valence-corrected chi connectivity index (χ1v) is 6.63. The van der Waals surface area contributed by atoms with Gasteiger partial charge in [-0.1, -0.05) is 0 Å². The van der Waals surface area contributed by atoms with Crippen molar-refractivity contribution in [3.63, 3.8) is 0 Å². The lowest BCUT2D eigenvalue weighted by Crippen LogP contribution is -2.30. The van der Waals surface area contributed by atoms with Crippen LogP contribution in [-0.2, 0) is 10.5 Å². The zero-order valence-corrected chi connectivity index (χ0v) is 10.3. The second-order valence-corrected chi connectivity index (χ2v) is 5.14. The summed E-state index contributed by atoms with van der Waals surface area (Å²) in [6, 6.07) is 1.64. The van der Waals surface area contributed by atoms with Gasteiger partial charge in [0, 0.05) is 18.5 Å². The molecule has 0 bridgehead atoms. The molecule has 2 rings (SSSR count). The van der Waals surface area contributed by atoms with Gasteiger partial charge in [0.1, 0.15) is 5.76 Å². The minimum atomic E-state index is -0.304. The van der Waals surface area contributed by atoms with E-state index >= 15 is 0 Å². The third-order valence-electron chi connectivity index (χ3n) is 2.74. The number of hydrogen-bond acceptors (Lipinski definition) is 5. The van der Waals surface area contributed by atoms with Crippen molar-refractivity contribution in [1.82, 2.24) is 5.43 Å². The molecule has 6 heteroatoms. The Balaban J connectivity index is 1.89. The highest BCUT2D eigenvalue weighted by molar-refractivity contribution is 7.99. The highest BCUT2D eigenvalue weighted by atomic mass is 32.2. The zero-order chi connectivity index (χ0) is 12.1. The molecule has 0 radical (unpaired) electrons. The number of hydrogen-bond donors (Lipinski definition) is 2. The Bertz CT molecular complexity index is 375. The Kier molecular flexibility index (Phi) is 4.47. The Hall–Kier alpha value is -0.980. The van der Waals surface area contributed by atoms with Gasteiger partial charge in [-0.3, -0.25) is 10.2 Å². The van der Waals surface area contributed by atoms with Gasteiger partial charge in [0.25, 0.3) is 5.91 Å². The summed E-state index contributed by atoms with van der Waals surface area (Å²) in [4.78, 5) is 11.4. The van der Waals surface area contributed by atoms with Crippen molar-refractivity contribution in [2.24, 2.45) is 5.84 Å². The van der Waals surface area contributed by atoms with Crippen LogP contribution in [0.3, 0.4) is 0 Å². The van der Waals surface area contributed by atoms with E-state index in [9.17, 15) is 4.79 Å². The van der Waals surface area contributed by atoms with Crippen LogP contribution < -0.4 is 11.3 Å². The summed E-state index contributed by atoms with van der Waals surface area (Å²) in [5.74, 6) is 6.18. The molecular formula is C11H16N2O3S. The summed E-state index contributed by atoms with van der Waals surface area (Å²) >= 11 is 1.80. The fourth-order valence-corrected chi connectivity index (χ4v) is 2.91. The predicted octanol–water partition coefficient (Wildman–Crippen LogP) is 1.30. The molecule has 1 aromatic heterocycles. The van der Waals surface area contributed by atoms with Gasteiger partial charge in [0.15, 0.2) is 0 Å². The lowest BCUT2D eigenvalue weighted by Gasteiger charge is -2.21. The van der Waals surface area contributed by atoms with Crippen molar-refractivity contribution >= 4 is 17.7 Å². The van der Waals surface area contributed by atoms with Crippen LogP contribution in [0.25, 0.3) is 0 Å². The summed E-state index contributed by atoms with van der Waals surface area (Å²) < 4.78 is 10.6. The molecule has 94 valence electrons. The topological polar surface area (TPSA) is 77.5 Å². The molecule has 3 N–H and O–H groups in total. The van der Waals surface area contributed by atoms with Crippen molar-refractivity contribution in [2.75, 3.05) is 13.2 Å². The van der Waals surface area contributed by atoms with E-state index in [0.717, 1.165) is 26.1 Å². The smallest absolute Gasteiger partial charge is 0.268 e. The molecule has 5 nitrogen and oxygen atoms in total. The molecule has 0 aromatic carbocycles. The average Bonchev–Trinajstić information content (AvgIpc) is 2.85. The van der Waals surface area contributed by atoms with Gasteiger partial charge in [-0.05, 0) is 18.9 Å². The minimum absolute atomic E-state index is 0.304. The van der Waals surface area contributed by atoms with Gasteiger partial charge in [0.2, 0.25) is 0 Å². The number of ether oxygens (including phenoxy) is 1. The van der Waals surface area contributed by atoms with E-state index in [0.29, 0.717) is 22.3 Å². The van der Waals surface area contributed by atoms with Gasteiger partial charge >= 0.3 is 0 Å². The van der Waals surface area contributed by atoms with Crippen LogP contribution in [0.2, 0.25) is 0 Å². The monoisotopic (exact) mass is 256 g/mol. The number of nitrogens with one attached hydrogen (secondary N) is 1. The Morgan fingerprint density at radius 2 is 2.29 bits per heavy atom. The first-order chi connectivity index (χ1) is 8.31. The number of rotatable bonds is 4. The summed E-state index contributed by atoms with van der Waals surface area (Å²) in [5.41, 5.74) is 2.64. The molecule has 1 aliphatic heterocycles. The Morgan fingerprint density at radius 3 is 3.00 bits per heavy atom. The third kappa shape index (κ3) is 3.24. The van der Waals surface area contributed by atoms with Crippen molar-refractivity contribution < 1.29 is 13.9 Å². The number of nitrogen functional groups attached to an aromatic ring is 1. The molecule has 1 aliphatic rings. The van der Waals surface area contributed by atoms with Gasteiger partial charge in [-0.25, -0.2) is 5.84 Å². The number of carbonyl (C=O) groups excluding carboxylic acids is 1. The van der Waals surface area contributed by atoms with Crippen LogP contribution in [0.15, 0.2) is 16.7 Å². The molecule has 1 fully saturated rings. The second kappa shape index (κ2) is 6.09. The van der Waals surface area contributed by atoms with Crippen LogP contribution in [0.1, 0.15) is 29.0 Å². The van der Waals surface area contributed by atoms with E-state index < -0.39 is 0 Å². The second-order valence-electron chi connectivity index (χ2n) is 3.85. The highest BCUT2D eigenvalue weighted by Crippen LogP contribution is 2.27. The van der Waals surface area contributed by atoms with E-state index in [1.54, 1.807) is 17.8 Å². The standard InChI is InChI=1S/C11H16N2O3S/c12-13-11(14)9-3-6-16-10(9)7-17-8-1-4-15-5-2-8/h3,6,8H,1-2,4-5,7,12H2,(H,13,14). The van der Waals surface area contributed by atoms with E-state index in [2.05, 4.69) is 5.43 Å². The van der Waals surface area contributed by atoms with E-state index in [4.69, 9.17) is 15.0 Å². The van der Waals surface area contributed by atoms with Crippen LogP contribution in [0.4, 0.5) is 0 Å². The van der Waals surface area contributed by atoms with Crippen LogP contribution in [0, 0.1) is 0 Å². The zero-order valence-electron chi connectivity index (χ0n) is 9.48. The number of carbonyl (C=O) groups is 1. The van der Waals surface area contributed by atoms with Crippen LogP contribution in [0.5, 0.6) is 0 Å². The Morgan fingerprint density at radius 1 is 1.53 bits per heavy atom. The summed E-state index contributed by atoms with van der Waals surface area (Å²) in [6.45, 7) is 1.65. The largest absolute Gasteiger partial charge is 0.468 e. The average molecular weight is 256 g/mol. The van der Waals surface area contributed by atoms with Crippen LogP contribution >= 0.6 is 11.8 Å². The van der Waals surface area contributed by atoms with Crippen LogP contribution in [-0.4, -0.2) is 24.4 Å². The molecule has 1 aromatic rings. The first-order valence-electron chi connectivity index (χ1n) is 5.58. The molecule has 0 spiro atoms. The van der Waals surface area contributed by atoms with E-state index in [1.807, 2.05) is 0 Å². The SMILES string of the molecule is NNC(=O)c1ccoc1CSC1CCOCC1. The maximum absolute atomic E-state index is 11.4. The molecule has 1 saturated heterocycles. The van der Waals surface area contributed by atoms with Crippen molar-refractivity contribution in [1.29, 1.82) is 0 Å². The first kappa shape index (κ1) is 12.5. The van der Waals surface area contributed by atoms with Gasteiger partial charge < -0.3 is 9.15 Å². The van der Waals surface area contributed by atoms with E-state index in [-0.39, 0.29) is 5.91 Å². The number of amides is 1. The minimum Gasteiger partial charge on any atom is -0.468 e. The van der Waals surface area contributed by atoms with Gasteiger partial charge in [-0.15, -0.1) is 0 Å². The number of nitrogens with two attached hydrogens (primary N) is 1. The van der Waals surface area contributed by atoms with Gasteiger partial charge in [0.05, 0.1) is 17.6 Å². The number of furan rings is 1. The summed E-state index contributed by atoms with van der Waals surface area (Å²) in [5, 5.41) is 0.586. The lowest BCUT2D eigenvalue weighted by atomic mass is 10.2. The van der Waals surface area contributed by atoms with Crippen molar-refractivity contribution in [3.8, 4) is 0 Å². The fraction of sp³-hybridized carbons (Fsp3) is 0.545. The third-order valence-corrected chi connectivity index (χ3v) is 4.11. The lowest BCUT2D eigenvalue weighted by molar-refractivity contribution is 0.0951. The quantitative estimate of drug-likeness (QED) is 0.482. The fourth-order valence-electron chi connectivity index (χ4n) is 1.77. The molecule has 0 saturated carbocycles. The van der Waals surface area contributed by atoms with Crippen molar-refractivity contribution in [2.45, 2.75) is 23.8 Å². The number of thioether (sulfide) groups is 1. The van der Waals surface area contributed by atoms with Crippen molar-refractivity contribution in [3.05, 3.63) is 23.7 Å². The maximum Gasteiger partial charge on any atom is 0.268 e. The molecular weight excluding hydrogens is 240 g/mol. The maximum atomic E-state index is 11.4. The normalized spacial score (nSPS) is 17.0. The summed E-state index contributed by atoms with van der Waals surface area (Å²) in [7, 11) is 0. The molecule has 2 heterocycles. The summed E-state index contributed by atoms with van der Waals surface area (Å²) in [6.07, 6.45) is 3.64. The van der Waals surface area contributed by atoms with Gasteiger partial charge in [-0.2, -0.15) is 11.8 Å². The number of hydrazine groups is 1. The van der Waals surface area contributed by atoms with E-state index in [1.165, 1.54) is 6.26 Å². The molecule has 0 atom stereocenters. The molecule has 17 heavy (non-hydrogen) atoms. The predicted molar refractivity (Wildman–Crippen MR) is 65.5 cm³/mol. The Labute approximate surface area is 104 Å².